The third-order valence-corrected chi connectivity index (χ3v) is 1.71. The van der Waals surface area contributed by atoms with Crippen molar-refractivity contribution < 1.29 is 31.1 Å². The number of rotatable bonds is 3. The predicted octanol–water partition coefficient (Wildman–Crippen LogP) is -2.15. The molecule has 0 aliphatic heterocycles. The predicted molar refractivity (Wildman–Crippen MR) is 48.0 cm³/mol. The highest BCUT2D eigenvalue weighted by molar-refractivity contribution is 5.65. The summed E-state index contributed by atoms with van der Waals surface area (Å²) >= 11 is 0. The number of pyridine rings is 1. The Morgan fingerprint density at radius 1 is 1.43 bits per heavy atom. The number of aromatic nitrogens is 1. The first-order valence-corrected chi connectivity index (χ1v) is 4.27. The molecule has 0 N–H and O–H groups in total. The van der Waals surface area contributed by atoms with Crippen LogP contribution in [-0.4, -0.2) is 12.6 Å². The Morgan fingerprint density at radius 2 is 2.00 bits per heavy atom. The van der Waals surface area contributed by atoms with E-state index in [1.807, 2.05) is 36.0 Å². The molecule has 0 spiro atoms. The van der Waals surface area contributed by atoms with Gasteiger partial charge in [0.15, 0.2) is 25.5 Å². The van der Waals surface area contributed by atoms with E-state index in [4.69, 9.17) is 4.74 Å². The zero-order valence-corrected chi connectivity index (χ0v) is 9.95. The molecule has 0 unspecified atom stereocenters. The van der Waals surface area contributed by atoms with Gasteiger partial charge < -0.3 is 21.7 Å². The van der Waals surface area contributed by atoms with Gasteiger partial charge in [-0.25, -0.2) is 4.57 Å². The molecule has 1 aromatic heterocycles. The van der Waals surface area contributed by atoms with Crippen LogP contribution in [-0.2, 0) is 16.1 Å². The molecule has 0 saturated heterocycles. The van der Waals surface area contributed by atoms with Gasteiger partial charge in [-0.1, -0.05) is 0 Å². The lowest BCUT2D eigenvalue weighted by atomic mass is 10.3. The Morgan fingerprint density at radius 3 is 2.50 bits per heavy atom. The molecule has 0 aromatic carbocycles. The number of ether oxygens (including phenoxy) is 1. The van der Waals surface area contributed by atoms with Gasteiger partial charge >= 0.3 is 5.97 Å². The molecule has 0 fully saturated rings. The number of carbonyl (C=O) groups excluding carboxylic acids is 1. The maximum absolute atomic E-state index is 10.5. The fourth-order valence-corrected chi connectivity index (χ4v) is 0.976. The second-order valence-corrected chi connectivity index (χ2v) is 2.95. The maximum atomic E-state index is 10.5. The first-order valence-electron chi connectivity index (χ1n) is 4.27. The Bertz CT molecular complexity index is 285. The smallest absolute Gasteiger partial charge is 0.302 e. The summed E-state index contributed by atoms with van der Waals surface area (Å²) in [5, 5.41) is 0. The van der Waals surface area contributed by atoms with Crippen molar-refractivity contribution in [2.75, 3.05) is 6.61 Å². The van der Waals surface area contributed by atoms with Crippen LogP contribution in [0, 0.1) is 6.92 Å². The Labute approximate surface area is 94.5 Å². The molecule has 3 nitrogen and oxygen atoms in total. The molecule has 0 aliphatic carbocycles. The minimum atomic E-state index is -0.229. The molecule has 0 aliphatic rings. The number of esters is 1. The van der Waals surface area contributed by atoms with Crippen LogP contribution in [0.5, 0.6) is 0 Å². The van der Waals surface area contributed by atoms with E-state index in [9.17, 15) is 4.79 Å². The fourth-order valence-electron chi connectivity index (χ4n) is 0.976. The van der Waals surface area contributed by atoms with Gasteiger partial charge in [0.2, 0.25) is 0 Å². The zero-order chi connectivity index (χ0) is 9.68. The molecule has 0 atom stereocenters. The zero-order valence-electron chi connectivity index (χ0n) is 8.37. The highest BCUT2D eigenvalue weighted by atomic mass is 79.9. The van der Waals surface area contributed by atoms with E-state index in [0.29, 0.717) is 13.2 Å². The summed E-state index contributed by atoms with van der Waals surface area (Å²) in [7, 11) is 0. The number of nitrogens with zero attached hydrogens (tertiary/aromatic N) is 1. The van der Waals surface area contributed by atoms with Crippen molar-refractivity contribution in [2.45, 2.75) is 20.4 Å². The molecule has 1 aromatic rings. The summed E-state index contributed by atoms with van der Waals surface area (Å²) < 4.78 is 6.80. The van der Waals surface area contributed by atoms with Crippen LogP contribution in [0.4, 0.5) is 0 Å². The van der Waals surface area contributed by atoms with E-state index in [2.05, 4.69) is 0 Å². The second-order valence-electron chi connectivity index (χ2n) is 2.95. The summed E-state index contributed by atoms with van der Waals surface area (Å²) in [5.74, 6) is -0.229. The highest BCUT2D eigenvalue weighted by Crippen LogP contribution is 1.89. The van der Waals surface area contributed by atoms with E-state index >= 15 is 0 Å². The lowest BCUT2D eigenvalue weighted by Gasteiger charge is -1.98. The number of aryl methyl sites for hydroxylation is 1. The van der Waals surface area contributed by atoms with Gasteiger partial charge in [-0.05, 0) is 12.5 Å². The third-order valence-electron chi connectivity index (χ3n) is 1.71. The summed E-state index contributed by atoms with van der Waals surface area (Å²) in [6.45, 7) is 4.60. The van der Waals surface area contributed by atoms with Crippen molar-refractivity contribution >= 4 is 5.97 Å². The van der Waals surface area contributed by atoms with Gasteiger partial charge in [0.1, 0.15) is 0 Å². The van der Waals surface area contributed by atoms with E-state index in [1.165, 1.54) is 12.5 Å². The average molecular weight is 260 g/mol. The standard InChI is InChI=1S/C10H14NO2.BrH/c1-9-3-5-11(6-4-9)7-8-13-10(2)12;/h3-6H,7-8H2,1-2H3;1H/q+1;/p-1. The minimum absolute atomic E-state index is 0. The van der Waals surface area contributed by atoms with Crippen molar-refractivity contribution in [1.29, 1.82) is 0 Å². The van der Waals surface area contributed by atoms with Crippen molar-refractivity contribution in [1.82, 2.24) is 0 Å². The van der Waals surface area contributed by atoms with Crippen LogP contribution in [0.1, 0.15) is 12.5 Å². The van der Waals surface area contributed by atoms with Crippen LogP contribution in [0.2, 0.25) is 0 Å². The van der Waals surface area contributed by atoms with Crippen LogP contribution in [0.15, 0.2) is 24.5 Å². The van der Waals surface area contributed by atoms with Crippen LogP contribution < -0.4 is 21.5 Å². The van der Waals surface area contributed by atoms with Crippen molar-refractivity contribution in [3.05, 3.63) is 30.1 Å². The quantitative estimate of drug-likeness (QED) is 0.458. The maximum Gasteiger partial charge on any atom is 0.302 e. The van der Waals surface area contributed by atoms with Crippen molar-refractivity contribution in [3.8, 4) is 0 Å². The number of hydrogen-bond donors (Lipinski definition) is 0. The molecule has 0 amide bonds. The number of carbonyl (C=O) groups is 1. The van der Waals surface area contributed by atoms with Crippen molar-refractivity contribution in [2.24, 2.45) is 0 Å². The Hall–Kier alpha value is -0.900. The first kappa shape index (κ1) is 13.1. The average Bonchev–Trinajstić information content (AvgIpc) is 2.08. The normalized spacial score (nSPS) is 9.00. The Kier molecular flexibility index (Phi) is 6.12. The molecule has 0 radical (unpaired) electrons. The number of hydrogen-bond acceptors (Lipinski definition) is 2. The summed E-state index contributed by atoms with van der Waals surface area (Å²) in [6.07, 6.45) is 3.94. The lowest BCUT2D eigenvalue weighted by Crippen LogP contribution is -3.00. The van der Waals surface area contributed by atoms with Crippen LogP contribution >= 0.6 is 0 Å². The molecule has 0 saturated carbocycles. The van der Waals surface area contributed by atoms with Gasteiger partial charge in [-0.2, -0.15) is 0 Å². The van der Waals surface area contributed by atoms with E-state index in [1.54, 1.807) is 0 Å². The fraction of sp³-hybridized carbons (Fsp3) is 0.400. The lowest BCUT2D eigenvalue weighted by molar-refractivity contribution is -0.698. The molecule has 1 rings (SSSR count). The second kappa shape index (κ2) is 6.54. The van der Waals surface area contributed by atoms with Crippen molar-refractivity contribution in [3.63, 3.8) is 0 Å². The Balaban J connectivity index is 0.00000169. The molecule has 4 heteroatoms. The summed E-state index contributed by atoms with van der Waals surface area (Å²) in [4.78, 5) is 10.5. The monoisotopic (exact) mass is 259 g/mol. The van der Waals surface area contributed by atoms with Gasteiger partial charge in [0.05, 0.1) is 0 Å². The highest BCUT2D eigenvalue weighted by Gasteiger charge is 2.00. The minimum Gasteiger partial charge on any atom is -1.00 e. The first-order chi connectivity index (χ1) is 6.18. The molecular formula is C10H14BrNO2. The summed E-state index contributed by atoms with van der Waals surface area (Å²) in [6, 6.07) is 4.04. The number of halogens is 1. The summed E-state index contributed by atoms with van der Waals surface area (Å²) in [5.41, 5.74) is 1.23. The van der Waals surface area contributed by atoms with E-state index in [-0.39, 0.29) is 23.0 Å². The van der Waals surface area contributed by atoms with Gasteiger partial charge in [0, 0.05) is 19.1 Å². The molecular weight excluding hydrogens is 246 g/mol. The van der Waals surface area contributed by atoms with E-state index < -0.39 is 0 Å². The molecule has 78 valence electrons. The van der Waals surface area contributed by atoms with Crippen LogP contribution in [0.3, 0.4) is 0 Å². The van der Waals surface area contributed by atoms with Gasteiger partial charge in [-0.3, -0.25) is 4.79 Å². The van der Waals surface area contributed by atoms with E-state index in [0.717, 1.165) is 0 Å². The topological polar surface area (TPSA) is 30.2 Å². The molecule has 14 heavy (non-hydrogen) atoms. The van der Waals surface area contributed by atoms with Gasteiger partial charge in [0.25, 0.3) is 0 Å². The molecule has 0 bridgehead atoms. The largest absolute Gasteiger partial charge is 1.00 e. The van der Waals surface area contributed by atoms with Crippen LogP contribution in [0.25, 0.3) is 0 Å². The van der Waals surface area contributed by atoms with Gasteiger partial charge in [-0.15, -0.1) is 0 Å². The molecule has 1 heterocycles. The third kappa shape index (κ3) is 4.97. The SMILES string of the molecule is CC(=O)OCC[n+]1ccc(C)cc1.[Br-].